The Morgan fingerprint density at radius 2 is 2.24 bits per heavy atom. The van der Waals surface area contributed by atoms with Crippen LogP contribution in [-0.4, -0.2) is 38.3 Å². The van der Waals surface area contributed by atoms with Crippen LogP contribution in [0.3, 0.4) is 0 Å². The minimum atomic E-state index is -1.13. The summed E-state index contributed by atoms with van der Waals surface area (Å²) < 4.78 is 31.0. The molecule has 180 valence electrons. The van der Waals surface area contributed by atoms with Crippen LogP contribution in [0.25, 0.3) is 0 Å². The van der Waals surface area contributed by atoms with Crippen molar-refractivity contribution >= 4 is 62.6 Å². The zero-order valence-electron chi connectivity index (χ0n) is 18.1. The van der Waals surface area contributed by atoms with Gasteiger partial charge in [0.05, 0.1) is 20.9 Å². The number of fused-ring (bicyclic) bond motifs is 2. The molecule has 7 nitrogen and oxygen atoms in total. The first-order valence-electron chi connectivity index (χ1n) is 10.7. The smallest absolute Gasteiger partial charge is 0.261 e. The van der Waals surface area contributed by atoms with Gasteiger partial charge in [-0.15, -0.1) is 11.3 Å². The lowest BCUT2D eigenvalue weighted by atomic mass is 9.90. The lowest BCUT2D eigenvalue weighted by Crippen LogP contribution is -2.49. The number of nitrogens with one attached hydrogen (secondary N) is 2. The van der Waals surface area contributed by atoms with E-state index in [2.05, 4.69) is 14.4 Å². The first-order valence-corrected chi connectivity index (χ1v) is 14.3. The Morgan fingerprint density at radius 3 is 3.00 bits per heavy atom. The molecule has 2 aromatic rings. The molecule has 1 aromatic carbocycles. The maximum absolute atomic E-state index is 13.7. The molecule has 1 amide bonds. The van der Waals surface area contributed by atoms with Crippen molar-refractivity contribution in [1.82, 2.24) is 14.3 Å². The van der Waals surface area contributed by atoms with Crippen LogP contribution in [0.5, 0.6) is 0 Å². The highest BCUT2D eigenvalue weighted by atomic mass is 35.5. The topological polar surface area (TPSA) is 94.0 Å². The van der Waals surface area contributed by atoms with Gasteiger partial charge in [0, 0.05) is 31.3 Å². The lowest BCUT2D eigenvalue weighted by Gasteiger charge is -2.38. The second kappa shape index (κ2) is 9.62. The molecule has 3 aliphatic rings. The van der Waals surface area contributed by atoms with Gasteiger partial charge in [0.1, 0.15) is 22.2 Å². The number of nitrogens with zero attached hydrogens (tertiary/aromatic N) is 2. The van der Waals surface area contributed by atoms with Crippen molar-refractivity contribution in [2.75, 3.05) is 6.26 Å². The van der Waals surface area contributed by atoms with Crippen LogP contribution in [-0.2, 0) is 28.9 Å². The van der Waals surface area contributed by atoms with Crippen molar-refractivity contribution in [3.63, 3.8) is 0 Å². The molecule has 1 aliphatic carbocycles. The molecule has 0 spiro atoms. The first-order chi connectivity index (χ1) is 16.3. The second-order valence-electron chi connectivity index (χ2n) is 8.38. The molecular weight excluding hydrogens is 519 g/mol. The molecule has 1 unspecified atom stereocenters. The standard InChI is InChI=1S/C22H22ClFN4O3S3/c1-34(31)25-8-12-10-32-21-19(12)33-27-20(26-21)17-18(29)13-3-2-4-16(13)28(22(17)30)9-11-5-6-15(24)14(23)7-11/h5-7,10,13,16,25,29H,2-4,8-9H2,1H3,(H,26,27)/t13-,16+,34?/m1/s1. The molecule has 0 saturated heterocycles. The molecule has 34 heavy (non-hydrogen) atoms. The molecule has 3 atom stereocenters. The largest absolute Gasteiger partial charge is 0.511 e. The Hall–Kier alpha value is -1.92. The number of benzene rings is 1. The van der Waals surface area contributed by atoms with Crippen LogP contribution in [0.4, 0.5) is 9.39 Å². The fourth-order valence-electron chi connectivity index (χ4n) is 4.66. The molecule has 1 aromatic heterocycles. The molecule has 12 heteroatoms. The van der Waals surface area contributed by atoms with E-state index in [1.165, 1.54) is 35.4 Å². The van der Waals surface area contributed by atoms with E-state index in [4.69, 9.17) is 11.6 Å². The van der Waals surface area contributed by atoms with Crippen LogP contribution >= 0.6 is 34.9 Å². The number of carbonyl (C=O) groups is 1. The summed E-state index contributed by atoms with van der Waals surface area (Å²) in [6.45, 7) is 0.713. The van der Waals surface area contributed by atoms with Gasteiger partial charge in [-0.25, -0.2) is 18.3 Å². The van der Waals surface area contributed by atoms with E-state index >= 15 is 0 Å². The summed E-state index contributed by atoms with van der Waals surface area (Å²) >= 11 is 8.72. The number of aliphatic hydroxyl groups excluding tert-OH is 1. The molecule has 5 rings (SSSR count). The molecule has 0 radical (unpaired) electrons. The summed E-state index contributed by atoms with van der Waals surface area (Å²) in [6.07, 6.45) is 4.05. The van der Waals surface area contributed by atoms with E-state index in [1.807, 2.05) is 5.38 Å². The molecule has 3 heterocycles. The fourth-order valence-corrected chi connectivity index (χ4v) is 7.14. The quantitative estimate of drug-likeness (QED) is 0.466. The minimum absolute atomic E-state index is 0.0145. The van der Waals surface area contributed by atoms with Gasteiger partial charge < -0.3 is 14.7 Å². The first kappa shape index (κ1) is 23.8. The number of amidine groups is 1. The van der Waals surface area contributed by atoms with Gasteiger partial charge in [0.2, 0.25) is 0 Å². The van der Waals surface area contributed by atoms with Crippen molar-refractivity contribution in [3.05, 3.63) is 56.9 Å². The van der Waals surface area contributed by atoms with E-state index in [-0.39, 0.29) is 40.8 Å². The molecule has 1 saturated carbocycles. The molecular formula is C22H22ClFN4O3S3. The van der Waals surface area contributed by atoms with Gasteiger partial charge in [-0.05, 0) is 53.4 Å². The summed E-state index contributed by atoms with van der Waals surface area (Å²) in [5.74, 6) is -0.570. The Labute approximate surface area is 212 Å². The third-order valence-electron chi connectivity index (χ3n) is 6.26. The number of aliphatic hydroxyl groups is 1. The van der Waals surface area contributed by atoms with Crippen molar-refractivity contribution in [1.29, 1.82) is 0 Å². The lowest BCUT2D eigenvalue weighted by molar-refractivity contribution is -0.132. The Balaban J connectivity index is 1.47. The van der Waals surface area contributed by atoms with Gasteiger partial charge in [-0.2, -0.15) is 0 Å². The number of hydrogen-bond donors (Lipinski definition) is 3. The number of halogens is 2. The Morgan fingerprint density at radius 1 is 1.41 bits per heavy atom. The average molecular weight is 541 g/mol. The van der Waals surface area contributed by atoms with Gasteiger partial charge in [-0.3, -0.25) is 4.79 Å². The molecule has 1 fully saturated rings. The second-order valence-corrected chi connectivity index (χ2v) is 11.7. The fraction of sp³-hybridized carbons (Fsp3) is 0.364. The minimum Gasteiger partial charge on any atom is -0.511 e. The molecule has 3 N–H and O–H groups in total. The van der Waals surface area contributed by atoms with Crippen LogP contribution < -0.4 is 9.44 Å². The highest BCUT2D eigenvalue weighted by molar-refractivity contribution is 7.98. The number of amides is 1. The van der Waals surface area contributed by atoms with Gasteiger partial charge in [0.15, 0.2) is 5.84 Å². The predicted octanol–water partition coefficient (Wildman–Crippen LogP) is 4.59. The van der Waals surface area contributed by atoms with E-state index < -0.39 is 16.8 Å². The van der Waals surface area contributed by atoms with Crippen LogP contribution in [0, 0.1) is 11.7 Å². The average Bonchev–Trinajstić information content (AvgIpc) is 3.45. The zero-order chi connectivity index (χ0) is 24.0. The van der Waals surface area contributed by atoms with Crippen molar-refractivity contribution in [3.8, 4) is 0 Å². The number of hydrogen-bond acceptors (Lipinski definition) is 7. The maximum atomic E-state index is 13.7. The summed E-state index contributed by atoms with van der Waals surface area (Å²) in [7, 11) is -1.13. The zero-order valence-corrected chi connectivity index (χ0v) is 21.3. The maximum Gasteiger partial charge on any atom is 0.261 e. The number of carbonyl (C=O) groups excluding carboxylic acids is 1. The van der Waals surface area contributed by atoms with E-state index in [1.54, 1.807) is 17.2 Å². The SMILES string of the molecule is CS(=O)NCc1csc2c1SNC(C1=C(O)[C@@H]3CCC[C@@H]3N(Cc3ccc(F)c(Cl)c3)C1=O)=N2. The molecule has 0 bridgehead atoms. The van der Waals surface area contributed by atoms with E-state index in [0.717, 1.165) is 40.3 Å². The normalized spacial score (nSPS) is 22.9. The summed E-state index contributed by atoms with van der Waals surface area (Å²) in [5, 5.41) is 13.8. The molecule has 2 aliphatic heterocycles. The number of rotatable bonds is 6. The number of thiophene rings is 1. The Bertz CT molecular complexity index is 1250. The van der Waals surface area contributed by atoms with Gasteiger partial charge in [-0.1, -0.05) is 24.1 Å². The van der Waals surface area contributed by atoms with Crippen molar-refractivity contribution in [2.24, 2.45) is 10.9 Å². The van der Waals surface area contributed by atoms with Crippen molar-refractivity contribution < 1.29 is 18.5 Å². The van der Waals surface area contributed by atoms with Gasteiger partial charge >= 0.3 is 0 Å². The number of aliphatic imine (C=N–C) groups is 1. The van der Waals surface area contributed by atoms with Crippen LogP contribution in [0.1, 0.15) is 30.4 Å². The van der Waals surface area contributed by atoms with Gasteiger partial charge in [0.25, 0.3) is 5.91 Å². The summed E-state index contributed by atoms with van der Waals surface area (Å²) in [6, 6.07) is 4.34. The van der Waals surface area contributed by atoms with Crippen molar-refractivity contribution in [2.45, 2.75) is 43.3 Å². The Kier molecular flexibility index (Phi) is 6.73. The van der Waals surface area contributed by atoms with Crippen LogP contribution in [0.15, 0.2) is 44.8 Å². The van der Waals surface area contributed by atoms with E-state index in [9.17, 15) is 18.5 Å². The summed E-state index contributed by atoms with van der Waals surface area (Å²) in [5.41, 5.74) is 1.87. The monoisotopic (exact) mass is 540 g/mol. The highest BCUT2D eigenvalue weighted by Gasteiger charge is 2.46. The third kappa shape index (κ3) is 4.39. The third-order valence-corrected chi connectivity index (χ3v) is 9.11. The van der Waals surface area contributed by atoms with E-state index in [0.29, 0.717) is 12.4 Å². The highest BCUT2D eigenvalue weighted by Crippen LogP contribution is 2.44. The predicted molar refractivity (Wildman–Crippen MR) is 134 cm³/mol. The van der Waals surface area contributed by atoms with Crippen LogP contribution in [0.2, 0.25) is 5.02 Å². The summed E-state index contributed by atoms with van der Waals surface area (Å²) in [4.78, 5) is 21.0.